The molecule has 0 saturated carbocycles. The van der Waals surface area contributed by atoms with Crippen molar-refractivity contribution in [3.8, 4) is 16.9 Å². The molecular weight excluding hydrogens is 286 g/mol. The van der Waals surface area contributed by atoms with Gasteiger partial charge >= 0.3 is 0 Å². The zero-order valence-corrected chi connectivity index (χ0v) is 14.1. The van der Waals surface area contributed by atoms with Crippen molar-refractivity contribution in [3.63, 3.8) is 0 Å². The summed E-state index contributed by atoms with van der Waals surface area (Å²) in [6.45, 7) is 7.28. The molecule has 2 unspecified atom stereocenters. The highest BCUT2D eigenvalue weighted by molar-refractivity contribution is 5.80. The van der Waals surface area contributed by atoms with Gasteiger partial charge in [-0.3, -0.25) is 0 Å². The molecule has 2 heterocycles. The Morgan fingerprint density at radius 3 is 2.70 bits per heavy atom. The topological polar surface area (TPSA) is 30.5 Å². The van der Waals surface area contributed by atoms with Crippen molar-refractivity contribution < 1.29 is 9.47 Å². The molecule has 2 atom stereocenters. The van der Waals surface area contributed by atoms with Crippen LogP contribution in [-0.2, 0) is 11.3 Å². The zero-order chi connectivity index (χ0) is 16.2. The van der Waals surface area contributed by atoms with Gasteiger partial charge in [0.1, 0.15) is 12.4 Å². The summed E-state index contributed by atoms with van der Waals surface area (Å²) in [5.74, 6) is 1.29. The number of fused-ring (bicyclic) bond motifs is 5. The quantitative estimate of drug-likeness (QED) is 0.837. The van der Waals surface area contributed by atoms with Crippen LogP contribution in [0, 0.1) is 0 Å². The highest BCUT2D eigenvalue weighted by Gasteiger charge is 2.41. The van der Waals surface area contributed by atoms with Gasteiger partial charge in [0.15, 0.2) is 0 Å². The Labute approximate surface area is 137 Å². The minimum Gasteiger partial charge on any atom is -0.488 e. The van der Waals surface area contributed by atoms with Crippen LogP contribution in [0.4, 0.5) is 5.69 Å². The lowest BCUT2D eigenvalue weighted by Crippen LogP contribution is -2.51. The van der Waals surface area contributed by atoms with E-state index >= 15 is 0 Å². The largest absolute Gasteiger partial charge is 0.488 e. The monoisotopic (exact) mass is 309 g/mol. The first-order valence-electron chi connectivity index (χ1n) is 8.22. The van der Waals surface area contributed by atoms with Crippen LogP contribution in [0.15, 0.2) is 36.4 Å². The fourth-order valence-corrected chi connectivity index (χ4v) is 4.36. The van der Waals surface area contributed by atoms with Crippen molar-refractivity contribution in [1.29, 1.82) is 0 Å². The van der Waals surface area contributed by atoms with Gasteiger partial charge in [-0.15, -0.1) is 0 Å². The van der Waals surface area contributed by atoms with Gasteiger partial charge in [-0.2, -0.15) is 0 Å². The molecular formula is C20H23NO2. The molecule has 4 rings (SSSR count). The summed E-state index contributed by atoms with van der Waals surface area (Å²) in [7, 11) is 1.80. The summed E-state index contributed by atoms with van der Waals surface area (Å²) in [6, 6.07) is 12.7. The number of para-hydroxylation sites is 1. The maximum absolute atomic E-state index is 6.02. The molecule has 2 aromatic carbocycles. The Morgan fingerprint density at radius 2 is 1.91 bits per heavy atom. The minimum absolute atomic E-state index is 0.0944. The van der Waals surface area contributed by atoms with Gasteiger partial charge in [-0.1, -0.05) is 31.2 Å². The van der Waals surface area contributed by atoms with Crippen LogP contribution >= 0.6 is 0 Å². The van der Waals surface area contributed by atoms with E-state index in [0.29, 0.717) is 12.5 Å². The summed E-state index contributed by atoms with van der Waals surface area (Å²) in [5, 5.41) is 3.66. The van der Waals surface area contributed by atoms with Crippen LogP contribution in [0.25, 0.3) is 11.1 Å². The van der Waals surface area contributed by atoms with Crippen molar-refractivity contribution in [1.82, 2.24) is 0 Å². The Balaban J connectivity index is 1.92. The van der Waals surface area contributed by atoms with E-state index in [0.717, 1.165) is 5.75 Å². The van der Waals surface area contributed by atoms with E-state index in [9.17, 15) is 0 Å². The molecule has 2 aliphatic rings. The Hall–Kier alpha value is -2.00. The Morgan fingerprint density at radius 1 is 1.13 bits per heavy atom. The molecule has 3 heteroatoms. The predicted octanol–water partition coefficient (Wildman–Crippen LogP) is 4.57. The average molecular weight is 309 g/mol. The van der Waals surface area contributed by atoms with Crippen LogP contribution in [0.3, 0.4) is 0 Å². The number of nitrogens with one attached hydrogen (secondary N) is 1. The first-order valence-corrected chi connectivity index (χ1v) is 8.22. The van der Waals surface area contributed by atoms with E-state index in [4.69, 9.17) is 9.47 Å². The first kappa shape index (κ1) is 14.6. The SMILES string of the molecule is COC1C(C)c2c(ccc3c2COc2ccccc2-3)NC1(C)C. The third-order valence-electron chi connectivity index (χ3n) is 5.24. The molecule has 0 fully saturated rings. The number of methoxy groups -OCH3 is 1. The van der Waals surface area contributed by atoms with Crippen LogP contribution in [-0.4, -0.2) is 18.8 Å². The molecule has 0 saturated heterocycles. The molecule has 1 N–H and O–H groups in total. The summed E-state index contributed by atoms with van der Waals surface area (Å²) in [4.78, 5) is 0. The van der Waals surface area contributed by atoms with E-state index in [1.54, 1.807) is 7.11 Å². The molecule has 2 aliphatic heterocycles. The summed E-state index contributed by atoms with van der Waals surface area (Å²) < 4.78 is 11.8. The molecule has 23 heavy (non-hydrogen) atoms. The molecule has 0 radical (unpaired) electrons. The first-order chi connectivity index (χ1) is 11.0. The van der Waals surface area contributed by atoms with Gasteiger partial charge in [0.25, 0.3) is 0 Å². The second-order valence-electron chi connectivity index (χ2n) is 7.13. The van der Waals surface area contributed by atoms with Crippen LogP contribution in [0.5, 0.6) is 5.75 Å². The average Bonchev–Trinajstić information content (AvgIpc) is 2.53. The smallest absolute Gasteiger partial charge is 0.127 e. The summed E-state index contributed by atoms with van der Waals surface area (Å²) in [6.07, 6.45) is 0.124. The van der Waals surface area contributed by atoms with E-state index in [1.165, 1.54) is 27.9 Å². The summed E-state index contributed by atoms with van der Waals surface area (Å²) >= 11 is 0. The highest BCUT2D eigenvalue weighted by atomic mass is 16.5. The van der Waals surface area contributed by atoms with Crippen molar-refractivity contribution in [2.75, 3.05) is 12.4 Å². The van der Waals surface area contributed by atoms with Crippen LogP contribution in [0.1, 0.15) is 37.8 Å². The predicted molar refractivity (Wildman–Crippen MR) is 93.1 cm³/mol. The highest BCUT2D eigenvalue weighted by Crippen LogP contribution is 2.47. The Kier molecular flexibility index (Phi) is 3.17. The summed E-state index contributed by atoms with van der Waals surface area (Å²) in [5.41, 5.74) is 6.21. The number of ether oxygens (including phenoxy) is 2. The van der Waals surface area contributed by atoms with Gasteiger partial charge in [-0.25, -0.2) is 0 Å². The van der Waals surface area contributed by atoms with Gasteiger partial charge < -0.3 is 14.8 Å². The second kappa shape index (κ2) is 5.00. The van der Waals surface area contributed by atoms with Gasteiger partial charge in [0, 0.05) is 29.8 Å². The third-order valence-corrected chi connectivity index (χ3v) is 5.24. The minimum atomic E-state index is -0.0944. The van der Waals surface area contributed by atoms with Crippen molar-refractivity contribution in [2.24, 2.45) is 0 Å². The molecule has 2 aromatic rings. The van der Waals surface area contributed by atoms with E-state index in [2.05, 4.69) is 50.4 Å². The number of hydrogen-bond acceptors (Lipinski definition) is 3. The molecule has 0 amide bonds. The molecule has 0 spiro atoms. The van der Waals surface area contributed by atoms with Gasteiger partial charge in [0.2, 0.25) is 0 Å². The molecule has 0 bridgehead atoms. The number of benzene rings is 2. The molecule has 120 valence electrons. The fraction of sp³-hybridized carbons (Fsp3) is 0.400. The van der Waals surface area contributed by atoms with Crippen molar-refractivity contribution in [2.45, 2.75) is 44.9 Å². The lowest BCUT2D eigenvalue weighted by molar-refractivity contribution is 0.0353. The molecule has 0 aliphatic carbocycles. The maximum atomic E-state index is 6.02. The number of anilines is 1. The molecule has 3 nitrogen and oxygen atoms in total. The fourth-order valence-electron chi connectivity index (χ4n) is 4.36. The van der Waals surface area contributed by atoms with Crippen LogP contribution in [0.2, 0.25) is 0 Å². The Bertz CT molecular complexity index is 766. The van der Waals surface area contributed by atoms with Crippen molar-refractivity contribution in [3.05, 3.63) is 47.5 Å². The number of hydrogen-bond donors (Lipinski definition) is 1. The van der Waals surface area contributed by atoms with Gasteiger partial charge in [-0.05, 0) is 37.1 Å². The third kappa shape index (κ3) is 2.07. The van der Waals surface area contributed by atoms with Crippen molar-refractivity contribution >= 4 is 5.69 Å². The van der Waals surface area contributed by atoms with E-state index < -0.39 is 0 Å². The van der Waals surface area contributed by atoms with E-state index in [-0.39, 0.29) is 11.6 Å². The van der Waals surface area contributed by atoms with Gasteiger partial charge in [0.05, 0.1) is 11.6 Å². The number of rotatable bonds is 1. The van der Waals surface area contributed by atoms with Crippen LogP contribution < -0.4 is 10.1 Å². The maximum Gasteiger partial charge on any atom is 0.127 e. The normalized spacial score (nSPS) is 23.8. The molecule has 0 aromatic heterocycles. The lowest BCUT2D eigenvalue weighted by Gasteiger charge is -2.45. The zero-order valence-electron chi connectivity index (χ0n) is 14.1. The standard InChI is InChI=1S/C20H23NO2/c1-12-18-15-11-23-17-8-6-5-7-14(17)13(15)9-10-16(18)21-20(2,3)19(12)22-4/h5-10,12,19,21H,11H2,1-4H3. The van der Waals surface area contributed by atoms with E-state index in [1.807, 2.05) is 12.1 Å². The second-order valence-corrected chi connectivity index (χ2v) is 7.13. The lowest BCUT2D eigenvalue weighted by atomic mass is 9.75.